The van der Waals surface area contributed by atoms with Gasteiger partial charge >= 0.3 is 6.18 Å². The zero-order valence-electron chi connectivity index (χ0n) is 18.2. The predicted molar refractivity (Wildman–Crippen MR) is 126 cm³/mol. The van der Waals surface area contributed by atoms with Crippen molar-refractivity contribution in [1.82, 2.24) is 14.5 Å². The van der Waals surface area contributed by atoms with Gasteiger partial charge in [0.05, 0.1) is 30.0 Å². The lowest BCUT2D eigenvalue weighted by atomic mass is 9.97. The largest absolute Gasteiger partial charge is 0.496 e. The number of methoxy groups -OCH3 is 1. The van der Waals surface area contributed by atoms with Gasteiger partial charge in [-0.15, -0.1) is 0 Å². The fourth-order valence-electron chi connectivity index (χ4n) is 4.44. The highest BCUT2D eigenvalue weighted by Gasteiger charge is 2.30. The lowest BCUT2D eigenvalue weighted by Crippen LogP contribution is -2.40. The molecule has 33 heavy (non-hydrogen) atoms. The Morgan fingerprint density at radius 2 is 2.00 bits per heavy atom. The summed E-state index contributed by atoms with van der Waals surface area (Å²) in [7, 11) is 1.57. The highest BCUT2D eigenvalue weighted by Crippen LogP contribution is 2.30. The molecule has 1 aliphatic heterocycles. The van der Waals surface area contributed by atoms with Crippen LogP contribution in [0.5, 0.6) is 5.75 Å². The number of benzene rings is 2. The maximum Gasteiger partial charge on any atom is 0.390 e. The van der Waals surface area contributed by atoms with E-state index in [9.17, 15) is 18.0 Å². The van der Waals surface area contributed by atoms with E-state index in [1.165, 1.54) is 0 Å². The number of halogens is 4. The number of para-hydroxylation sites is 1. The van der Waals surface area contributed by atoms with Crippen LogP contribution < -0.4 is 10.3 Å². The predicted octanol–water partition coefficient (Wildman–Crippen LogP) is 5.50. The summed E-state index contributed by atoms with van der Waals surface area (Å²) < 4.78 is 46.1. The van der Waals surface area contributed by atoms with Gasteiger partial charge in [0.1, 0.15) is 11.6 Å². The van der Waals surface area contributed by atoms with E-state index >= 15 is 0 Å². The van der Waals surface area contributed by atoms with Crippen molar-refractivity contribution in [2.75, 3.05) is 26.7 Å². The third-order valence-corrected chi connectivity index (χ3v) is 6.51. The first-order valence-corrected chi connectivity index (χ1v) is 11.7. The molecular weight excluding hydrogens is 499 g/mol. The molecule has 1 saturated heterocycles. The number of nitrogens with zero attached hydrogens (tertiary/aromatic N) is 3. The number of ether oxygens (including phenoxy) is 1. The summed E-state index contributed by atoms with van der Waals surface area (Å²) in [5.74, 6) is 1.15. The molecule has 0 amide bonds. The molecule has 1 unspecified atom stereocenters. The van der Waals surface area contributed by atoms with Crippen LogP contribution in [0.4, 0.5) is 13.2 Å². The van der Waals surface area contributed by atoms with Gasteiger partial charge in [-0.1, -0.05) is 28.1 Å². The van der Waals surface area contributed by atoms with Crippen LogP contribution in [0.2, 0.25) is 0 Å². The monoisotopic (exact) mass is 523 g/mol. The van der Waals surface area contributed by atoms with Crippen LogP contribution in [0.1, 0.15) is 19.3 Å². The second-order valence-corrected chi connectivity index (χ2v) is 9.30. The van der Waals surface area contributed by atoms with Crippen molar-refractivity contribution in [3.05, 3.63) is 57.3 Å². The van der Waals surface area contributed by atoms with Gasteiger partial charge in [-0.25, -0.2) is 4.98 Å². The number of aromatic nitrogens is 2. The average molecular weight is 524 g/mol. The van der Waals surface area contributed by atoms with Crippen LogP contribution in [-0.2, 0) is 6.54 Å². The van der Waals surface area contributed by atoms with Crippen LogP contribution >= 0.6 is 15.9 Å². The standard InChI is InChI=1S/C24H25BrF3N3O2/c1-33-21-7-3-2-6-18(21)22-29-20-9-8-17(25)13-19(20)23(32)31(22)15-16-5-4-11-30(14-16)12-10-24(26,27)28/h2-3,6-9,13,16H,4-5,10-12,14-15H2,1H3. The highest BCUT2D eigenvalue weighted by molar-refractivity contribution is 9.10. The Bertz CT molecular complexity index is 1200. The van der Waals surface area contributed by atoms with Crippen LogP contribution in [0.3, 0.4) is 0 Å². The van der Waals surface area contributed by atoms with Crippen molar-refractivity contribution in [2.24, 2.45) is 5.92 Å². The number of hydrogen-bond donors (Lipinski definition) is 0. The molecule has 9 heteroatoms. The van der Waals surface area contributed by atoms with Gasteiger partial charge in [0.25, 0.3) is 5.56 Å². The molecule has 0 bridgehead atoms. The van der Waals surface area contributed by atoms with E-state index in [1.54, 1.807) is 23.8 Å². The molecule has 4 rings (SSSR count). The van der Waals surface area contributed by atoms with E-state index in [0.29, 0.717) is 47.7 Å². The zero-order valence-corrected chi connectivity index (χ0v) is 19.8. The Balaban J connectivity index is 1.72. The molecule has 0 spiro atoms. The van der Waals surface area contributed by atoms with Crippen molar-refractivity contribution in [3.63, 3.8) is 0 Å². The summed E-state index contributed by atoms with van der Waals surface area (Å²) in [5, 5.41) is 0.493. The summed E-state index contributed by atoms with van der Waals surface area (Å²) in [6.07, 6.45) is -3.35. The number of fused-ring (bicyclic) bond motifs is 1. The van der Waals surface area contributed by atoms with Crippen LogP contribution in [0.25, 0.3) is 22.3 Å². The van der Waals surface area contributed by atoms with Crippen LogP contribution in [0.15, 0.2) is 51.7 Å². The zero-order chi connectivity index (χ0) is 23.6. The number of piperidine rings is 1. The third-order valence-electron chi connectivity index (χ3n) is 6.02. The molecular formula is C24H25BrF3N3O2. The summed E-state index contributed by atoms with van der Waals surface area (Å²) in [6.45, 7) is 1.52. The number of hydrogen-bond acceptors (Lipinski definition) is 4. The Kier molecular flexibility index (Phi) is 7.09. The van der Waals surface area contributed by atoms with Crippen LogP contribution in [-0.4, -0.2) is 47.4 Å². The molecule has 1 aliphatic rings. The first-order chi connectivity index (χ1) is 15.7. The third kappa shape index (κ3) is 5.58. The molecule has 0 saturated carbocycles. The molecule has 5 nitrogen and oxygen atoms in total. The number of rotatable bonds is 6. The fraction of sp³-hybridized carbons (Fsp3) is 0.417. The minimum Gasteiger partial charge on any atom is -0.496 e. The Morgan fingerprint density at radius 3 is 2.76 bits per heavy atom. The Labute approximate surface area is 198 Å². The highest BCUT2D eigenvalue weighted by atomic mass is 79.9. The SMILES string of the molecule is COc1ccccc1-c1nc2ccc(Br)cc2c(=O)n1CC1CCCN(CCC(F)(F)F)C1. The molecule has 0 N–H and O–H groups in total. The van der Waals surface area contributed by atoms with E-state index in [0.717, 1.165) is 17.3 Å². The van der Waals surface area contributed by atoms with E-state index < -0.39 is 12.6 Å². The molecule has 1 aromatic heterocycles. The van der Waals surface area contributed by atoms with Gasteiger partial charge < -0.3 is 9.64 Å². The minimum absolute atomic E-state index is 0.0167. The van der Waals surface area contributed by atoms with Gasteiger partial charge in [-0.3, -0.25) is 9.36 Å². The maximum atomic E-state index is 13.6. The molecule has 3 aromatic rings. The fourth-order valence-corrected chi connectivity index (χ4v) is 4.81. The normalized spacial score (nSPS) is 17.4. The summed E-state index contributed by atoms with van der Waals surface area (Å²) in [5.41, 5.74) is 1.11. The van der Waals surface area contributed by atoms with Gasteiger partial charge in [-0.05, 0) is 55.6 Å². The molecule has 0 aliphatic carbocycles. The number of likely N-dealkylation sites (tertiary alicyclic amines) is 1. The van der Waals surface area contributed by atoms with Crippen molar-refractivity contribution in [3.8, 4) is 17.1 Å². The lowest BCUT2D eigenvalue weighted by Gasteiger charge is -2.33. The number of alkyl halides is 3. The molecule has 1 fully saturated rings. The smallest absolute Gasteiger partial charge is 0.390 e. The van der Waals surface area contributed by atoms with E-state index in [-0.39, 0.29) is 18.0 Å². The van der Waals surface area contributed by atoms with Crippen molar-refractivity contribution in [2.45, 2.75) is 32.0 Å². The van der Waals surface area contributed by atoms with Crippen molar-refractivity contribution < 1.29 is 17.9 Å². The second kappa shape index (κ2) is 9.85. The van der Waals surface area contributed by atoms with Crippen molar-refractivity contribution >= 4 is 26.8 Å². The lowest BCUT2D eigenvalue weighted by molar-refractivity contribution is -0.138. The summed E-state index contributed by atoms with van der Waals surface area (Å²) >= 11 is 3.42. The molecule has 176 valence electrons. The molecule has 2 heterocycles. The average Bonchev–Trinajstić information content (AvgIpc) is 2.79. The first-order valence-electron chi connectivity index (χ1n) is 10.9. The summed E-state index contributed by atoms with van der Waals surface area (Å²) in [4.78, 5) is 20.2. The van der Waals surface area contributed by atoms with E-state index in [2.05, 4.69) is 15.9 Å². The second-order valence-electron chi connectivity index (χ2n) is 8.39. The van der Waals surface area contributed by atoms with Gasteiger partial charge in [0.2, 0.25) is 0 Å². The van der Waals surface area contributed by atoms with Gasteiger partial charge in [0, 0.05) is 24.1 Å². The Morgan fingerprint density at radius 1 is 1.21 bits per heavy atom. The van der Waals surface area contributed by atoms with E-state index in [1.807, 2.05) is 35.2 Å². The van der Waals surface area contributed by atoms with Gasteiger partial charge in [-0.2, -0.15) is 13.2 Å². The van der Waals surface area contributed by atoms with Crippen molar-refractivity contribution in [1.29, 1.82) is 0 Å². The maximum absolute atomic E-state index is 13.6. The Hall–Kier alpha value is -2.39. The topological polar surface area (TPSA) is 47.4 Å². The summed E-state index contributed by atoms with van der Waals surface area (Å²) in [6, 6.07) is 12.8. The molecule has 2 aromatic carbocycles. The molecule has 1 atom stereocenters. The first kappa shape index (κ1) is 23.8. The molecule has 0 radical (unpaired) electrons. The van der Waals surface area contributed by atoms with Crippen LogP contribution in [0, 0.1) is 5.92 Å². The van der Waals surface area contributed by atoms with Gasteiger partial charge in [0.15, 0.2) is 0 Å². The van der Waals surface area contributed by atoms with E-state index in [4.69, 9.17) is 9.72 Å². The quantitative estimate of drug-likeness (QED) is 0.428. The minimum atomic E-state index is -4.17.